The van der Waals surface area contributed by atoms with Crippen LogP contribution >= 0.6 is 11.8 Å². The van der Waals surface area contributed by atoms with Gasteiger partial charge in [0.1, 0.15) is 5.82 Å². The molecule has 0 saturated heterocycles. The number of hydrogen-bond acceptors (Lipinski definition) is 5. The lowest BCUT2D eigenvalue weighted by Crippen LogP contribution is -2.33. The topological polar surface area (TPSA) is 68.0 Å². The van der Waals surface area contributed by atoms with Crippen LogP contribution in [0.2, 0.25) is 0 Å². The molecule has 1 atom stereocenters. The van der Waals surface area contributed by atoms with E-state index in [1.165, 1.54) is 30.3 Å². The highest BCUT2D eigenvalue weighted by molar-refractivity contribution is 7.99. The Kier molecular flexibility index (Phi) is 7.43. The summed E-state index contributed by atoms with van der Waals surface area (Å²) in [5.41, 5.74) is 0.643. The van der Waals surface area contributed by atoms with Crippen LogP contribution in [0.15, 0.2) is 33.9 Å². The molecular weight excluding hydrogens is 341 g/mol. The van der Waals surface area contributed by atoms with E-state index in [4.69, 9.17) is 4.42 Å². The average Bonchev–Trinajstić information content (AvgIpc) is 3.02. The molecule has 0 unspecified atom stereocenters. The maximum atomic E-state index is 12.9. The molecule has 1 aromatic heterocycles. The van der Waals surface area contributed by atoms with Gasteiger partial charge in [0, 0.05) is 11.6 Å². The maximum absolute atomic E-state index is 12.9. The second-order valence-electron chi connectivity index (χ2n) is 6.46. The van der Waals surface area contributed by atoms with Gasteiger partial charge in [-0.05, 0) is 43.5 Å². The van der Waals surface area contributed by atoms with E-state index >= 15 is 0 Å². The number of nitrogens with one attached hydrogen (secondary N) is 1. The predicted molar refractivity (Wildman–Crippen MR) is 96.7 cm³/mol. The van der Waals surface area contributed by atoms with Crippen LogP contribution in [0, 0.1) is 11.7 Å². The summed E-state index contributed by atoms with van der Waals surface area (Å²) in [6.45, 7) is 6.41. The molecule has 0 spiro atoms. The van der Waals surface area contributed by atoms with E-state index < -0.39 is 0 Å². The minimum Gasteiger partial charge on any atom is -0.411 e. The van der Waals surface area contributed by atoms with Gasteiger partial charge >= 0.3 is 0 Å². The van der Waals surface area contributed by atoms with Crippen molar-refractivity contribution in [3.05, 3.63) is 30.1 Å². The van der Waals surface area contributed by atoms with Crippen LogP contribution in [-0.4, -0.2) is 27.9 Å². The minimum atomic E-state index is -0.322. The zero-order valence-corrected chi connectivity index (χ0v) is 15.6. The summed E-state index contributed by atoms with van der Waals surface area (Å²) in [6, 6.07) is 5.97. The van der Waals surface area contributed by atoms with E-state index in [0.717, 1.165) is 12.8 Å². The highest BCUT2D eigenvalue weighted by Crippen LogP contribution is 2.23. The second kappa shape index (κ2) is 9.56. The van der Waals surface area contributed by atoms with Gasteiger partial charge in [-0.25, -0.2) is 4.39 Å². The first-order chi connectivity index (χ1) is 11.9. The van der Waals surface area contributed by atoms with E-state index in [1.807, 2.05) is 6.92 Å². The Labute approximate surface area is 151 Å². The van der Waals surface area contributed by atoms with Crippen molar-refractivity contribution < 1.29 is 13.6 Å². The molecule has 2 aromatic rings. The molecule has 1 aromatic carbocycles. The molecule has 5 nitrogen and oxygen atoms in total. The van der Waals surface area contributed by atoms with Crippen molar-refractivity contribution in [1.82, 2.24) is 15.5 Å². The summed E-state index contributed by atoms with van der Waals surface area (Å²) < 4.78 is 18.4. The molecule has 0 aliphatic heterocycles. The summed E-state index contributed by atoms with van der Waals surface area (Å²) >= 11 is 1.19. The Hall–Kier alpha value is -1.89. The Morgan fingerprint density at radius 1 is 1.20 bits per heavy atom. The summed E-state index contributed by atoms with van der Waals surface area (Å²) in [6.07, 6.45) is 3.25. The van der Waals surface area contributed by atoms with Crippen molar-refractivity contribution in [2.75, 3.05) is 5.75 Å². The zero-order valence-electron chi connectivity index (χ0n) is 14.8. The van der Waals surface area contributed by atoms with Crippen LogP contribution in [0.5, 0.6) is 0 Å². The first kappa shape index (κ1) is 19.4. The molecule has 7 heteroatoms. The molecular formula is C18H24FN3O2S. The number of hydrogen-bond donors (Lipinski definition) is 1. The van der Waals surface area contributed by atoms with E-state index in [9.17, 15) is 9.18 Å². The number of nitrogens with zero attached hydrogens (tertiary/aromatic N) is 2. The molecule has 0 fully saturated rings. The van der Waals surface area contributed by atoms with Gasteiger partial charge in [-0.15, -0.1) is 10.2 Å². The molecule has 1 heterocycles. The summed E-state index contributed by atoms with van der Waals surface area (Å²) in [5.74, 6) is 0.844. The molecule has 25 heavy (non-hydrogen) atoms. The Morgan fingerprint density at radius 2 is 1.92 bits per heavy atom. The smallest absolute Gasteiger partial charge is 0.277 e. The fraction of sp³-hybridized carbons (Fsp3) is 0.500. The van der Waals surface area contributed by atoms with E-state index in [1.54, 1.807) is 12.1 Å². The molecule has 0 radical (unpaired) electrons. The standard InChI is InChI=1S/C18H24FN3O2S/c1-12(2)5-4-6-13(3)20-16(23)11-25-18-22-21-17(24-18)14-7-9-15(19)10-8-14/h7-10,12-13H,4-6,11H2,1-3H3,(H,20,23)/t13-/m1/s1. The third-order valence-corrected chi connectivity index (χ3v) is 4.47. The number of carbonyl (C=O) groups excluding carboxylic acids is 1. The number of rotatable bonds is 9. The maximum Gasteiger partial charge on any atom is 0.277 e. The van der Waals surface area contributed by atoms with Gasteiger partial charge in [-0.2, -0.15) is 0 Å². The van der Waals surface area contributed by atoms with E-state index in [2.05, 4.69) is 29.4 Å². The molecule has 136 valence electrons. The lowest BCUT2D eigenvalue weighted by Gasteiger charge is -2.14. The van der Waals surface area contributed by atoms with Crippen molar-refractivity contribution in [2.24, 2.45) is 5.92 Å². The third-order valence-electron chi connectivity index (χ3n) is 3.65. The minimum absolute atomic E-state index is 0.0522. The van der Waals surface area contributed by atoms with Gasteiger partial charge in [0.15, 0.2) is 0 Å². The fourth-order valence-corrected chi connectivity index (χ4v) is 2.90. The predicted octanol–water partition coefficient (Wildman–Crippen LogP) is 4.30. The largest absolute Gasteiger partial charge is 0.411 e. The first-order valence-electron chi connectivity index (χ1n) is 8.45. The van der Waals surface area contributed by atoms with E-state index in [0.29, 0.717) is 22.6 Å². The van der Waals surface area contributed by atoms with Crippen molar-refractivity contribution in [3.63, 3.8) is 0 Å². The lowest BCUT2D eigenvalue weighted by atomic mass is 10.0. The van der Waals surface area contributed by atoms with Crippen molar-refractivity contribution in [3.8, 4) is 11.5 Å². The number of thioether (sulfide) groups is 1. The molecule has 2 rings (SSSR count). The average molecular weight is 365 g/mol. The monoisotopic (exact) mass is 365 g/mol. The fourth-order valence-electron chi connectivity index (χ4n) is 2.33. The third kappa shape index (κ3) is 6.86. The van der Waals surface area contributed by atoms with Gasteiger partial charge in [-0.1, -0.05) is 38.5 Å². The van der Waals surface area contributed by atoms with Gasteiger partial charge in [0.05, 0.1) is 5.75 Å². The van der Waals surface area contributed by atoms with Crippen LogP contribution < -0.4 is 5.32 Å². The summed E-state index contributed by atoms with van der Waals surface area (Å²) in [5, 5.41) is 11.1. The second-order valence-corrected chi connectivity index (χ2v) is 7.39. The normalized spacial score (nSPS) is 12.4. The SMILES string of the molecule is CC(C)CCC[C@@H](C)NC(=O)CSc1nnc(-c2ccc(F)cc2)o1. The molecule has 1 N–H and O–H groups in total. The summed E-state index contributed by atoms with van der Waals surface area (Å²) in [4.78, 5) is 12.0. The zero-order chi connectivity index (χ0) is 18.2. The van der Waals surface area contributed by atoms with Crippen LogP contribution in [-0.2, 0) is 4.79 Å². The van der Waals surface area contributed by atoms with Gasteiger partial charge in [0.2, 0.25) is 11.8 Å². The van der Waals surface area contributed by atoms with Gasteiger partial charge < -0.3 is 9.73 Å². The molecule has 0 aliphatic rings. The Bertz CT molecular complexity index is 673. The van der Waals surface area contributed by atoms with Crippen LogP contribution in [0.3, 0.4) is 0 Å². The van der Waals surface area contributed by atoms with Gasteiger partial charge in [0.25, 0.3) is 5.22 Å². The van der Waals surface area contributed by atoms with Crippen LogP contribution in [0.25, 0.3) is 11.5 Å². The van der Waals surface area contributed by atoms with Gasteiger partial charge in [-0.3, -0.25) is 4.79 Å². The summed E-state index contributed by atoms with van der Waals surface area (Å²) in [7, 11) is 0. The number of carbonyl (C=O) groups is 1. The number of halogens is 1. The molecule has 0 aliphatic carbocycles. The van der Waals surface area contributed by atoms with Crippen molar-refractivity contribution >= 4 is 17.7 Å². The number of aromatic nitrogens is 2. The first-order valence-corrected chi connectivity index (χ1v) is 9.44. The number of benzene rings is 1. The Balaban J connectivity index is 1.75. The van der Waals surface area contributed by atoms with Crippen molar-refractivity contribution in [2.45, 2.75) is 51.3 Å². The number of amides is 1. The lowest BCUT2D eigenvalue weighted by molar-refractivity contribution is -0.119. The molecule has 0 bridgehead atoms. The Morgan fingerprint density at radius 3 is 2.60 bits per heavy atom. The van der Waals surface area contributed by atoms with E-state index in [-0.39, 0.29) is 23.5 Å². The molecule has 1 amide bonds. The highest BCUT2D eigenvalue weighted by Gasteiger charge is 2.13. The van der Waals surface area contributed by atoms with Crippen LogP contribution in [0.1, 0.15) is 40.0 Å². The van der Waals surface area contributed by atoms with Crippen LogP contribution in [0.4, 0.5) is 4.39 Å². The molecule has 0 saturated carbocycles. The highest BCUT2D eigenvalue weighted by atomic mass is 32.2. The van der Waals surface area contributed by atoms with Crippen molar-refractivity contribution in [1.29, 1.82) is 0 Å². The quantitative estimate of drug-likeness (QED) is 0.671.